The number of Topliss-reactive ketones (excluding diaryl/α,β-unsaturated/α-hetero) is 1. The number of likely N-dealkylation sites (N-methyl/N-ethyl adjacent to an activating group) is 1. The number of hydrogen-bond donors (Lipinski definition) is 1. The SMILES string of the molecule is CN1Sc2ccccc2C(=O)C1C(=O)Nc1cc(CS(=O)Cc2ccc(Cl)c(Cl)c2)on1. The van der Waals surface area contributed by atoms with E-state index in [1.807, 2.05) is 12.1 Å². The Hall–Kier alpha value is -2.17. The Bertz CT molecular complexity index is 1220. The zero-order valence-corrected chi connectivity index (χ0v) is 19.9. The van der Waals surface area contributed by atoms with Gasteiger partial charge in [0.1, 0.15) is 0 Å². The number of carbonyl (C=O) groups excluding carboxylic acids is 2. The molecular weight excluding hydrogens is 493 g/mol. The molecule has 32 heavy (non-hydrogen) atoms. The molecule has 0 bridgehead atoms. The number of aromatic nitrogens is 1. The molecule has 3 aromatic rings. The fraction of sp³-hybridized carbons (Fsp3) is 0.190. The van der Waals surface area contributed by atoms with E-state index in [1.165, 1.54) is 18.0 Å². The second kappa shape index (κ2) is 9.76. The average molecular weight is 510 g/mol. The number of anilines is 1. The number of fused-ring (bicyclic) bond motifs is 1. The lowest BCUT2D eigenvalue weighted by molar-refractivity contribution is -0.118. The van der Waals surface area contributed by atoms with Gasteiger partial charge >= 0.3 is 0 Å². The number of nitrogens with one attached hydrogen (secondary N) is 1. The summed E-state index contributed by atoms with van der Waals surface area (Å²) in [4.78, 5) is 26.4. The lowest BCUT2D eigenvalue weighted by Gasteiger charge is -2.30. The van der Waals surface area contributed by atoms with Gasteiger partial charge in [-0.15, -0.1) is 0 Å². The fourth-order valence-corrected chi connectivity index (χ4v) is 5.65. The third-order valence-corrected chi connectivity index (χ3v) is 7.73. The number of benzene rings is 2. The molecule has 0 fully saturated rings. The third kappa shape index (κ3) is 5.07. The average Bonchev–Trinajstić information content (AvgIpc) is 3.17. The summed E-state index contributed by atoms with van der Waals surface area (Å²) in [7, 11) is 0.393. The van der Waals surface area contributed by atoms with E-state index in [9.17, 15) is 13.8 Å². The molecule has 0 radical (unpaired) electrons. The van der Waals surface area contributed by atoms with Gasteiger partial charge in [-0.25, -0.2) is 4.31 Å². The third-order valence-electron chi connectivity index (χ3n) is 4.68. The zero-order valence-electron chi connectivity index (χ0n) is 16.7. The lowest BCUT2D eigenvalue weighted by atomic mass is 10.0. The van der Waals surface area contributed by atoms with Crippen LogP contribution in [0.3, 0.4) is 0 Å². The molecule has 4 rings (SSSR count). The van der Waals surface area contributed by atoms with Gasteiger partial charge in [0.15, 0.2) is 23.4 Å². The number of rotatable bonds is 6. The summed E-state index contributed by atoms with van der Waals surface area (Å²) >= 11 is 13.2. The summed E-state index contributed by atoms with van der Waals surface area (Å²) in [6.07, 6.45) is 0. The number of nitrogens with zero attached hydrogens (tertiary/aromatic N) is 2. The normalized spacial score (nSPS) is 17.1. The first-order valence-corrected chi connectivity index (χ1v) is 12.4. The summed E-state index contributed by atoms with van der Waals surface area (Å²) in [5.41, 5.74) is 1.29. The molecular formula is C21H17Cl2N3O4S2. The summed E-state index contributed by atoms with van der Waals surface area (Å²) in [5.74, 6) is 0.0664. The maximum absolute atomic E-state index is 12.8. The maximum Gasteiger partial charge on any atom is 0.251 e. The Morgan fingerprint density at radius 1 is 1.19 bits per heavy atom. The van der Waals surface area contributed by atoms with E-state index in [1.54, 1.807) is 41.7 Å². The number of carbonyl (C=O) groups is 2. The Balaban J connectivity index is 1.38. The fourth-order valence-electron chi connectivity index (χ4n) is 3.21. The molecule has 0 saturated carbocycles. The summed E-state index contributed by atoms with van der Waals surface area (Å²) in [6, 6.07) is 12.7. The van der Waals surface area contributed by atoms with Crippen molar-refractivity contribution in [2.75, 3.05) is 12.4 Å². The van der Waals surface area contributed by atoms with Crippen molar-refractivity contribution in [3.8, 4) is 0 Å². The molecule has 166 valence electrons. The minimum absolute atomic E-state index is 0.106. The second-order valence-corrected chi connectivity index (χ2v) is 10.5. The van der Waals surface area contributed by atoms with Gasteiger partial charge in [0, 0.05) is 33.1 Å². The van der Waals surface area contributed by atoms with E-state index in [0.717, 1.165) is 10.5 Å². The Labute approximate surface area is 201 Å². The summed E-state index contributed by atoms with van der Waals surface area (Å²) in [6.45, 7) is 0. The van der Waals surface area contributed by atoms with Crippen LogP contribution in [0.2, 0.25) is 10.0 Å². The minimum atomic E-state index is -1.29. The molecule has 2 atom stereocenters. The second-order valence-electron chi connectivity index (χ2n) is 7.05. The number of ketones is 1. The predicted molar refractivity (Wildman–Crippen MR) is 125 cm³/mol. The highest BCUT2D eigenvalue weighted by molar-refractivity contribution is 7.97. The van der Waals surface area contributed by atoms with E-state index in [0.29, 0.717) is 21.4 Å². The van der Waals surface area contributed by atoms with Crippen molar-refractivity contribution >= 4 is 63.5 Å². The lowest BCUT2D eigenvalue weighted by Crippen LogP contribution is -2.46. The van der Waals surface area contributed by atoms with Crippen molar-refractivity contribution in [2.24, 2.45) is 0 Å². The maximum atomic E-state index is 12.8. The van der Waals surface area contributed by atoms with Crippen LogP contribution in [0.15, 0.2) is 57.9 Å². The van der Waals surface area contributed by atoms with Gasteiger partial charge in [-0.1, -0.05) is 52.6 Å². The van der Waals surface area contributed by atoms with Crippen LogP contribution in [0.4, 0.5) is 5.82 Å². The minimum Gasteiger partial charge on any atom is -0.358 e. The van der Waals surface area contributed by atoms with Crippen molar-refractivity contribution in [1.82, 2.24) is 9.46 Å². The molecule has 0 saturated heterocycles. The van der Waals surface area contributed by atoms with Gasteiger partial charge in [-0.3, -0.25) is 13.8 Å². The molecule has 2 aromatic carbocycles. The van der Waals surface area contributed by atoms with Crippen molar-refractivity contribution in [3.05, 3.63) is 75.5 Å². The first-order valence-electron chi connectivity index (χ1n) is 9.41. The molecule has 0 aliphatic carbocycles. The summed E-state index contributed by atoms with van der Waals surface area (Å²) < 4.78 is 19.3. The Morgan fingerprint density at radius 2 is 1.97 bits per heavy atom. The van der Waals surface area contributed by atoms with Crippen molar-refractivity contribution in [3.63, 3.8) is 0 Å². The van der Waals surface area contributed by atoms with Crippen LogP contribution in [0.1, 0.15) is 21.7 Å². The van der Waals surface area contributed by atoms with Gasteiger partial charge < -0.3 is 9.84 Å². The molecule has 7 nitrogen and oxygen atoms in total. The Morgan fingerprint density at radius 3 is 2.75 bits per heavy atom. The van der Waals surface area contributed by atoms with E-state index >= 15 is 0 Å². The molecule has 11 heteroatoms. The molecule has 1 aromatic heterocycles. The van der Waals surface area contributed by atoms with Gasteiger partial charge in [0.2, 0.25) is 0 Å². The van der Waals surface area contributed by atoms with Gasteiger partial charge in [-0.2, -0.15) is 0 Å². The van der Waals surface area contributed by atoms with Crippen molar-refractivity contribution < 1.29 is 18.3 Å². The molecule has 1 aliphatic heterocycles. The molecule has 0 spiro atoms. The highest BCUT2D eigenvalue weighted by Crippen LogP contribution is 2.34. The zero-order chi connectivity index (χ0) is 22.8. The molecule has 2 unspecified atom stereocenters. The smallest absolute Gasteiger partial charge is 0.251 e. The first kappa shape index (κ1) is 23.0. The molecule has 1 N–H and O–H groups in total. The van der Waals surface area contributed by atoms with Gasteiger partial charge in [0.05, 0.1) is 15.8 Å². The topological polar surface area (TPSA) is 92.5 Å². The molecule has 2 heterocycles. The first-order chi connectivity index (χ1) is 15.3. The highest BCUT2D eigenvalue weighted by Gasteiger charge is 2.37. The van der Waals surface area contributed by atoms with Crippen LogP contribution in [-0.4, -0.2) is 38.5 Å². The highest BCUT2D eigenvalue weighted by atomic mass is 35.5. The van der Waals surface area contributed by atoms with Crippen molar-refractivity contribution in [1.29, 1.82) is 0 Å². The van der Waals surface area contributed by atoms with Crippen LogP contribution in [0, 0.1) is 0 Å². The van der Waals surface area contributed by atoms with E-state index in [4.69, 9.17) is 27.7 Å². The van der Waals surface area contributed by atoms with Crippen LogP contribution in [0.25, 0.3) is 0 Å². The number of amides is 1. The number of hydrogen-bond acceptors (Lipinski definition) is 7. The quantitative estimate of drug-likeness (QED) is 0.384. The summed E-state index contributed by atoms with van der Waals surface area (Å²) in [5, 5.41) is 7.25. The van der Waals surface area contributed by atoms with Crippen LogP contribution < -0.4 is 5.32 Å². The Kier molecular flexibility index (Phi) is 7.02. The van der Waals surface area contributed by atoms with Crippen molar-refractivity contribution in [2.45, 2.75) is 22.4 Å². The standard InChI is InChI=1S/C21H17Cl2N3O4S2/c1-26-19(20(27)14-4-2-3-5-17(14)31-26)21(28)24-18-9-13(30-25-18)11-32(29)10-12-6-7-15(22)16(23)8-12/h2-9,19H,10-11H2,1H3,(H,24,25,28). The number of halogens is 2. The molecule has 1 aliphatic rings. The predicted octanol–water partition coefficient (Wildman–Crippen LogP) is 4.57. The van der Waals surface area contributed by atoms with E-state index in [2.05, 4.69) is 10.5 Å². The monoisotopic (exact) mass is 509 g/mol. The van der Waals surface area contributed by atoms with Gasteiger partial charge in [-0.05, 0) is 42.8 Å². The van der Waals surface area contributed by atoms with Crippen LogP contribution in [-0.2, 0) is 27.1 Å². The van der Waals surface area contributed by atoms with E-state index in [-0.39, 0.29) is 23.1 Å². The largest absolute Gasteiger partial charge is 0.358 e. The van der Waals surface area contributed by atoms with E-state index < -0.39 is 22.7 Å². The van der Waals surface area contributed by atoms with Gasteiger partial charge in [0.25, 0.3) is 5.91 Å². The van der Waals surface area contributed by atoms with Crippen LogP contribution >= 0.6 is 35.1 Å². The van der Waals surface area contributed by atoms with Crippen LogP contribution in [0.5, 0.6) is 0 Å². The molecule has 1 amide bonds.